The zero-order chi connectivity index (χ0) is 16.9. The van der Waals surface area contributed by atoms with Crippen molar-refractivity contribution in [3.05, 3.63) is 33.3 Å². The summed E-state index contributed by atoms with van der Waals surface area (Å²) < 4.78 is 2.27. The van der Waals surface area contributed by atoms with Crippen molar-refractivity contribution in [3.63, 3.8) is 0 Å². The molecule has 24 heavy (non-hydrogen) atoms. The van der Waals surface area contributed by atoms with Gasteiger partial charge in [0.1, 0.15) is 10.8 Å². The number of aliphatic imine (C=N–C) groups is 1. The van der Waals surface area contributed by atoms with Crippen LogP contribution in [0.4, 0.5) is 0 Å². The molecule has 130 valence electrons. The lowest BCUT2D eigenvalue weighted by Gasteiger charge is -2.11. The highest BCUT2D eigenvalue weighted by atomic mass is 32.1. The molecule has 2 aromatic heterocycles. The molecule has 6 nitrogen and oxygen atoms in total. The van der Waals surface area contributed by atoms with Crippen LogP contribution in [0.2, 0.25) is 0 Å². The van der Waals surface area contributed by atoms with Crippen LogP contribution in [-0.4, -0.2) is 27.0 Å². The lowest BCUT2D eigenvalue weighted by Crippen LogP contribution is -2.36. The Labute approximate surface area is 147 Å². The Morgan fingerprint density at radius 3 is 2.88 bits per heavy atom. The molecular formula is C17H26N6S. The number of aromatic nitrogens is 3. The van der Waals surface area contributed by atoms with Crippen LogP contribution in [0.25, 0.3) is 0 Å². The molecule has 2 aromatic rings. The van der Waals surface area contributed by atoms with Gasteiger partial charge in [-0.05, 0) is 33.6 Å². The summed E-state index contributed by atoms with van der Waals surface area (Å²) in [6.07, 6.45) is 5.74. The third-order valence-electron chi connectivity index (χ3n) is 4.18. The van der Waals surface area contributed by atoms with Crippen molar-refractivity contribution in [2.75, 3.05) is 6.54 Å². The molecule has 2 N–H and O–H groups in total. The van der Waals surface area contributed by atoms with Crippen LogP contribution in [0, 0.1) is 13.8 Å². The van der Waals surface area contributed by atoms with Gasteiger partial charge < -0.3 is 15.2 Å². The minimum Gasteiger partial charge on any atom is -0.357 e. The van der Waals surface area contributed by atoms with E-state index in [2.05, 4.69) is 52.1 Å². The van der Waals surface area contributed by atoms with Gasteiger partial charge in [0.2, 0.25) is 0 Å². The fourth-order valence-corrected chi connectivity index (χ4v) is 3.70. The predicted molar refractivity (Wildman–Crippen MR) is 98.4 cm³/mol. The van der Waals surface area contributed by atoms with E-state index in [0.717, 1.165) is 41.9 Å². The average molecular weight is 347 g/mol. The Balaban J connectivity index is 1.61. The number of hydrogen-bond acceptors (Lipinski definition) is 4. The zero-order valence-corrected chi connectivity index (χ0v) is 15.5. The van der Waals surface area contributed by atoms with Crippen LogP contribution in [0.5, 0.6) is 0 Å². The van der Waals surface area contributed by atoms with Crippen LogP contribution >= 0.6 is 11.3 Å². The number of hydrogen-bond donors (Lipinski definition) is 2. The molecule has 0 unspecified atom stereocenters. The molecule has 3 heterocycles. The second kappa shape index (κ2) is 7.79. The minimum atomic E-state index is 0.602. The van der Waals surface area contributed by atoms with Crippen molar-refractivity contribution in [1.29, 1.82) is 0 Å². The molecule has 3 rings (SSSR count). The summed E-state index contributed by atoms with van der Waals surface area (Å²) in [5.41, 5.74) is 2.16. The van der Waals surface area contributed by atoms with E-state index in [1.165, 1.54) is 23.5 Å². The third-order valence-corrected chi connectivity index (χ3v) is 5.25. The average Bonchev–Trinajstić information content (AvgIpc) is 3.13. The molecule has 0 fully saturated rings. The number of guanidine groups is 1. The Morgan fingerprint density at radius 1 is 1.29 bits per heavy atom. The number of fused-ring (bicyclic) bond motifs is 1. The van der Waals surface area contributed by atoms with E-state index in [-0.39, 0.29) is 0 Å². The van der Waals surface area contributed by atoms with Crippen LogP contribution in [0.15, 0.2) is 11.2 Å². The molecule has 0 saturated carbocycles. The van der Waals surface area contributed by atoms with Gasteiger partial charge in [-0.2, -0.15) is 0 Å². The van der Waals surface area contributed by atoms with E-state index >= 15 is 0 Å². The van der Waals surface area contributed by atoms with Crippen molar-refractivity contribution >= 4 is 17.3 Å². The zero-order valence-electron chi connectivity index (χ0n) is 14.7. The molecule has 0 atom stereocenters. The maximum absolute atomic E-state index is 4.71. The fraction of sp³-hybridized carbons (Fsp3) is 0.588. The van der Waals surface area contributed by atoms with E-state index in [9.17, 15) is 0 Å². The van der Waals surface area contributed by atoms with E-state index in [1.807, 2.05) is 0 Å². The molecule has 7 heteroatoms. The van der Waals surface area contributed by atoms with Gasteiger partial charge in [-0.1, -0.05) is 0 Å². The molecule has 0 spiro atoms. The second-order valence-electron chi connectivity index (χ2n) is 6.10. The summed E-state index contributed by atoms with van der Waals surface area (Å²) in [5, 5.41) is 7.74. The Morgan fingerprint density at radius 2 is 2.17 bits per heavy atom. The standard InChI is InChI=1S/C17H26N6S/c1-4-18-17(20-10-16-21-12(2)13(3)24-16)19-9-14-11-23-8-6-5-7-15(23)22-14/h11H,4-10H2,1-3H3,(H2,18,19,20). The Kier molecular flexibility index (Phi) is 5.50. The largest absolute Gasteiger partial charge is 0.357 e. The Hall–Kier alpha value is -1.89. The molecule has 0 aromatic carbocycles. The monoisotopic (exact) mass is 346 g/mol. The maximum Gasteiger partial charge on any atom is 0.191 e. The first-order valence-corrected chi connectivity index (χ1v) is 9.47. The first-order valence-electron chi connectivity index (χ1n) is 8.65. The lowest BCUT2D eigenvalue weighted by atomic mass is 10.2. The highest BCUT2D eigenvalue weighted by molar-refractivity contribution is 7.11. The van der Waals surface area contributed by atoms with Gasteiger partial charge in [0.15, 0.2) is 5.96 Å². The number of nitrogens with one attached hydrogen (secondary N) is 2. The predicted octanol–water partition coefficient (Wildman–Crippen LogP) is 2.55. The van der Waals surface area contributed by atoms with Gasteiger partial charge in [0.25, 0.3) is 0 Å². The molecule has 1 aliphatic heterocycles. The molecule has 0 aliphatic carbocycles. The number of imidazole rings is 1. The quantitative estimate of drug-likeness (QED) is 0.645. The minimum absolute atomic E-state index is 0.602. The van der Waals surface area contributed by atoms with Crippen LogP contribution in [0.1, 0.15) is 46.9 Å². The molecule has 0 bridgehead atoms. The lowest BCUT2D eigenvalue weighted by molar-refractivity contribution is 0.522. The molecule has 0 amide bonds. The summed E-state index contributed by atoms with van der Waals surface area (Å²) in [6, 6.07) is 0. The summed E-state index contributed by atoms with van der Waals surface area (Å²) in [7, 11) is 0. The number of thiazole rings is 1. The smallest absolute Gasteiger partial charge is 0.191 e. The van der Waals surface area contributed by atoms with Gasteiger partial charge in [0.05, 0.1) is 24.5 Å². The first-order chi connectivity index (χ1) is 11.7. The molecule has 0 saturated heterocycles. The summed E-state index contributed by atoms with van der Waals surface area (Å²) >= 11 is 1.74. The molecule has 0 radical (unpaired) electrons. The summed E-state index contributed by atoms with van der Waals surface area (Å²) in [5.74, 6) is 2.02. The highest BCUT2D eigenvalue weighted by Gasteiger charge is 2.12. The van der Waals surface area contributed by atoms with Gasteiger partial charge in [-0.3, -0.25) is 0 Å². The summed E-state index contributed by atoms with van der Waals surface area (Å²) in [6.45, 7) is 9.46. The first kappa shape index (κ1) is 17.0. The van der Waals surface area contributed by atoms with E-state index in [4.69, 9.17) is 4.98 Å². The van der Waals surface area contributed by atoms with E-state index in [1.54, 1.807) is 11.3 Å². The highest BCUT2D eigenvalue weighted by Crippen LogP contribution is 2.16. The van der Waals surface area contributed by atoms with E-state index < -0.39 is 0 Å². The van der Waals surface area contributed by atoms with Crippen molar-refractivity contribution in [1.82, 2.24) is 25.2 Å². The van der Waals surface area contributed by atoms with Gasteiger partial charge in [-0.25, -0.2) is 15.0 Å². The molecule has 1 aliphatic rings. The van der Waals surface area contributed by atoms with Crippen molar-refractivity contribution in [3.8, 4) is 0 Å². The maximum atomic E-state index is 4.71. The number of rotatable bonds is 5. The second-order valence-corrected chi connectivity index (χ2v) is 7.38. The van der Waals surface area contributed by atoms with Gasteiger partial charge >= 0.3 is 0 Å². The van der Waals surface area contributed by atoms with Crippen molar-refractivity contribution in [2.45, 2.75) is 59.7 Å². The number of aryl methyl sites for hydroxylation is 4. The van der Waals surface area contributed by atoms with Gasteiger partial charge in [0, 0.05) is 30.6 Å². The van der Waals surface area contributed by atoms with Crippen molar-refractivity contribution in [2.24, 2.45) is 4.99 Å². The van der Waals surface area contributed by atoms with Crippen LogP contribution in [0.3, 0.4) is 0 Å². The van der Waals surface area contributed by atoms with Crippen LogP contribution in [-0.2, 0) is 26.1 Å². The summed E-state index contributed by atoms with van der Waals surface area (Å²) in [4.78, 5) is 15.2. The van der Waals surface area contributed by atoms with Gasteiger partial charge in [-0.15, -0.1) is 11.3 Å². The van der Waals surface area contributed by atoms with Crippen molar-refractivity contribution < 1.29 is 0 Å². The fourth-order valence-electron chi connectivity index (χ4n) is 2.82. The topological polar surface area (TPSA) is 67.1 Å². The SMILES string of the molecule is CCNC(=NCc1cn2c(n1)CCCC2)NCc1nc(C)c(C)s1. The van der Waals surface area contributed by atoms with E-state index in [0.29, 0.717) is 13.1 Å². The third kappa shape index (κ3) is 4.14. The molecular weight excluding hydrogens is 320 g/mol. The number of nitrogens with zero attached hydrogens (tertiary/aromatic N) is 4. The normalized spacial score (nSPS) is 14.5. The Bertz CT molecular complexity index is 672. The van der Waals surface area contributed by atoms with Crippen LogP contribution < -0.4 is 10.6 Å².